The second-order valence-corrected chi connectivity index (χ2v) is 6.68. The first-order valence-corrected chi connectivity index (χ1v) is 8.40. The Bertz CT molecular complexity index is 841. The van der Waals surface area contributed by atoms with Gasteiger partial charge in [-0.05, 0) is 32.0 Å². The third-order valence-corrected chi connectivity index (χ3v) is 4.76. The van der Waals surface area contributed by atoms with Crippen LogP contribution >= 0.6 is 11.8 Å². The molecule has 2 heterocycles. The highest BCUT2D eigenvalue weighted by Gasteiger charge is 2.20. The van der Waals surface area contributed by atoms with Crippen molar-refractivity contribution in [1.29, 1.82) is 0 Å². The molecule has 124 valence electrons. The van der Waals surface area contributed by atoms with Gasteiger partial charge in [0.1, 0.15) is 5.76 Å². The number of carbonyl (C=O) groups excluding carboxylic acids is 1. The van der Waals surface area contributed by atoms with E-state index in [1.807, 2.05) is 61.9 Å². The molecule has 0 spiro atoms. The number of carbonyl (C=O) groups is 1. The van der Waals surface area contributed by atoms with Gasteiger partial charge in [-0.1, -0.05) is 30.0 Å². The molecule has 1 atom stereocenters. The Morgan fingerprint density at radius 3 is 2.67 bits per heavy atom. The average molecular weight is 342 g/mol. The molecule has 0 aliphatic rings. The highest BCUT2D eigenvalue weighted by Crippen LogP contribution is 2.28. The van der Waals surface area contributed by atoms with E-state index in [9.17, 15) is 4.79 Å². The molecule has 0 aliphatic heterocycles. The van der Waals surface area contributed by atoms with Crippen LogP contribution in [0.25, 0.3) is 11.4 Å². The normalized spacial score (nSPS) is 12.1. The molecule has 0 unspecified atom stereocenters. The summed E-state index contributed by atoms with van der Waals surface area (Å²) in [5.74, 6) is 1.44. The smallest absolute Gasteiger partial charge is 0.237 e. The molecule has 0 bridgehead atoms. The quantitative estimate of drug-likeness (QED) is 0.718. The van der Waals surface area contributed by atoms with Gasteiger partial charge in [0.25, 0.3) is 0 Å². The second kappa shape index (κ2) is 6.92. The average Bonchev–Trinajstić information content (AvgIpc) is 3.14. The van der Waals surface area contributed by atoms with Crippen LogP contribution in [-0.2, 0) is 11.8 Å². The van der Waals surface area contributed by atoms with Crippen molar-refractivity contribution in [3.8, 4) is 11.4 Å². The maximum absolute atomic E-state index is 12.3. The molecule has 1 aromatic carbocycles. The van der Waals surface area contributed by atoms with Crippen molar-refractivity contribution < 1.29 is 9.21 Å². The lowest BCUT2D eigenvalue weighted by atomic mass is 10.2. The summed E-state index contributed by atoms with van der Waals surface area (Å²) < 4.78 is 7.19. The fraction of sp³-hybridized carbons (Fsp3) is 0.235. The van der Waals surface area contributed by atoms with Gasteiger partial charge < -0.3 is 14.3 Å². The number of amides is 1. The van der Waals surface area contributed by atoms with Crippen LogP contribution in [0, 0.1) is 6.92 Å². The monoisotopic (exact) mass is 342 g/mol. The Kier molecular flexibility index (Phi) is 4.71. The van der Waals surface area contributed by atoms with E-state index in [1.165, 1.54) is 11.8 Å². The number of hydrogen-bond donors (Lipinski definition) is 1. The molecule has 1 amide bonds. The van der Waals surface area contributed by atoms with Crippen LogP contribution < -0.4 is 5.32 Å². The summed E-state index contributed by atoms with van der Waals surface area (Å²) in [6.07, 6.45) is 1.63. The predicted molar refractivity (Wildman–Crippen MR) is 93.8 cm³/mol. The number of hydrogen-bond acceptors (Lipinski definition) is 5. The van der Waals surface area contributed by atoms with Crippen LogP contribution in [0.15, 0.2) is 52.2 Å². The molecule has 24 heavy (non-hydrogen) atoms. The lowest BCUT2D eigenvalue weighted by Gasteiger charge is -2.11. The zero-order valence-corrected chi connectivity index (χ0v) is 14.5. The number of aryl methyl sites for hydroxylation is 1. The molecule has 2 aromatic heterocycles. The summed E-state index contributed by atoms with van der Waals surface area (Å²) >= 11 is 1.37. The van der Waals surface area contributed by atoms with Crippen LogP contribution in [0.3, 0.4) is 0 Å². The first-order valence-electron chi connectivity index (χ1n) is 7.52. The molecular formula is C17H18N4O2S. The van der Waals surface area contributed by atoms with Gasteiger partial charge in [0.05, 0.1) is 17.1 Å². The number of furan rings is 1. The van der Waals surface area contributed by atoms with Gasteiger partial charge in [0.15, 0.2) is 11.0 Å². The third kappa shape index (κ3) is 3.35. The van der Waals surface area contributed by atoms with E-state index in [0.717, 1.165) is 22.8 Å². The summed E-state index contributed by atoms with van der Waals surface area (Å²) in [4.78, 5) is 12.3. The SMILES string of the molecule is Cc1occc1-c1nnc(S[C@H](C)C(=O)Nc2ccccc2)n1C. The minimum Gasteiger partial charge on any atom is -0.469 e. The maximum Gasteiger partial charge on any atom is 0.237 e. The summed E-state index contributed by atoms with van der Waals surface area (Å²) in [5.41, 5.74) is 1.68. The molecule has 0 fully saturated rings. The van der Waals surface area contributed by atoms with Crippen molar-refractivity contribution in [2.45, 2.75) is 24.3 Å². The zero-order valence-electron chi connectivity index (χ0n) is 13.7. The van der Waals surface area contributed by atoms with E-state index in [-0.39, 0.29) is 11.2 Å². The Morgan fingerprint density at radius 2 is 2.00 bits per heavy atom. The number of anilines is 1. The Hall–Kier alpha value is -2.54. The van der Waals surface area contributed by atoms with Crippen LogP contribution in [0.1, 0.15) is 12.7 Å². The zero-order chi connectivity index (χ0) is 17.1. The minimum atomic E-state index is -0.300. The van der Waals surface area contributed by atoms with Crippen LogP contribution in [0.5, 0.6) is 0 Å². The summed E-state index contributed by atoms with van der Waals surface area (Å²) in [5, 5.41) is 11.7. The van der Waals surface area contributed by atoms with Gasteiger partial charge in [-0.2, -0.15) is 0 Å². The van der Waals surface area contributed by atoms with E-state index >= 15 is 0 Å². The standard InChI is InChI=1S/C17H18N4O2S/c1-11-14(9-10-23-11)15-19-20-17(21(15)3)24-12(2)16(22)18-13-7-5-4-6-8-13/h4-10,12H,1-3H3,(H,18,22)/t12-/m1/s1. The first kappa shape index (κ1) is 16.3. The maximum atomic E-state index is 12.3. The molecule has 1 N–H and O–H groups in total. The van der Waals surface area contributed by atoms with Gasteiger partial charge >= 0.3 is 0 Å². The second-order valence-electron chi connectivity index (χ2n) is 5.37. The lowest BCUT2D eigenvalue weighted by molar-refractivity contribution is -0.115. The number of nitrogens with one attached hydrogen (secondary N) is 1. The van der Waals surface area contributed by atoms with Crippen molar-refractivity contribution >= 4 is 23.4 Å². The Balaban J connectivity index is 1.71. The molecular weight excluding hydrogens is 324 g/mol. The Morgan fingerprint density at radius 1 is 1.25 bits per heavy atom. The summed E-state index contributed by atoms with van der Waals surface area (Å²) in [6, 6.07) is 11.3. The molecule has 0 radical (unpaired) electrons. The fourth-order valence-corrected chi connectivity index (χ4v) is 3.06. The molecule has 6 nitrogen and oxygen atoms in total. The number of para-hydroxylation sites is 1. The van der Waals surface area contributed by atoms with E-state index in [2.05, 4.69) is 15.5 Å². The van der Waals surface area contributed by atoms with Crippen molar-refractivity contribution in [2.75, 3.05) is 5.32 Å². The number of benzene rings is 1. The van der Waals surface area contributed by atoms with Crippen molar-refractivity contribution in [1.82, 2.24) is 14.8 Å². The molecule has 3 aromatic rings. The largest absolute Gasteiger partial charge is 0.469 e. The predicted octanol–water partition coefficient (Wildman–Crippen LogP) is 3.50. The number of rotatable bonds is 5. The van der Waals surface area contributed by atoms with Gasteiger partial charge in [-0.25, -0.2) is 0 Å². The van der Waals surface area contributed by atoms with E-state index in [4.69, 9.17) is 4.42 Å². The molecule has 7 heteroatoms. The minimum absolute atomic E-state index is 0.0739. The number of aromatic nitrogens is 3. The van der Waals surface area contributed by atoms with Crippen molar-refractivity contribution in [3.05, 3.63) is 48.4 Å². The molecule has 3 rings (SSSR count). The fourth-order valence-electron chi connectivity index (χ4n) is 2.25. The van der Waals surface area contributed by atoms with E-state index in [1.54, 1.807) is 6.26 Å². The summed E-state index contributed by atoms with van der Waals surface area (Å²) in [6.45, 7) is 3.73. The van der Waals surface area contributed by atoms with Gasteiger partial charge in [0, 0.05) is 12.7 Å². The number of nitrogens with zero attached hydrogens (tertiary/aromatic N) is 3. The third-order valence-electron chi connectivity index (χ3n) is 3.63. The Labute approximate surface area is 144 Å². The lowest BCUT2D eigenvalue weighted by Crippen LogP contribution is -2.22. The van der Waals surface area contributed by atoms with Crippen molar-refractivity contribution in [2.24, 2.45) is 7.05 Å². The van der Waals surface area contributed by atoms with Gasteiger partial charge in [0.2, 0.25) is 5.91 Å². The van der Waals surface area contributed by atoms with Gasteiger partial charge in [-0.15, -0.1) is 10.2 Å². The topological polar surface area (TPSA) is 72.9 Å². The van der Waals surface area contributed by atoms with Gasteiger partial charge in [-0.3, -0.25) is 4.79 Å². The molecule has 0 saturated heterocycles. The van der Waals surface area contributed by atoms with E-state index in [0.29, 0.717) is 5.16 Å². The molecule has 0 aliphatic carbocycles. The first-order chi connectivity index (χ1) is 11.6. The van der Waals surface area contributed by atoms with Crippen LogP contribution in [-0.4, -0.2) is 25.9 Å². The number of thioether (sulfide) groups is 1. The van der Waals surface area contributed by atoms with Crippen molar-refractivity contribution in [3.63, 3.8) is 0 Å². The summed E-state index contributed by atoms with van der Waals surface area (Å²) in [7, 11) is 1.88. The highest BCUT2D eigenvalue weighted by atomic mass is 32.2. The molecule has 0 saturated carbocycles. The van der Waals surface area contributed by atoms with Crippen LogP contribution in [0.4, 0.5) is 5.69 Å². The van der Waals surface area contributed by atoms with Crippen LogP contribution in [0.2, 0.25) is 0 Å². The highest BCUT2D eigenvalue weighted by molar-refractivity contribution is 8.00. The van der Waals surface area contributed by atoms with E-state index < -0.39 is 0 Å².